The molecule has 0 saturated heterocycles. The van der Waals surface area contributed by atoms with E-state index >= 15 is 0 Å². The number of hydrogen-bond donors (Lipinski definition) is 0. The first-order valence-electron chi connectivity index (χ1n) is 5.55. The van der Waals surface area contributed by atoms with Crippen molar-refractivity contribution in [2.45, 2.75) is 46.5 Å². The molecule has 1 aliphatic carbocycles. The molecule has 0 radical (unpaired) electrons. The van der Waals surface area contributed by atoms with Crippen LogP contribution in [0.4, 0.5) is 0 Å². The Balaban J connectivity index is 2.97. The Morgan fingerprint density at radius 1 is 1.21 bits per heavy atom. The molecule has 0 fully saturated rings. The zero-order valence-electron chi connectivity index (χ0n) is 9.56. The minimum atomic E-state index is 1.10. The van der Waals surface area contributed by atoms with Gasteiger partial charge in [-0.05, 0) is 48.2 Å². The highest BCUT2D eigenvalue weighted by molar-refractivity contribution is 7.23. The molecule has 0 spiro atoms. The van der Waals surface area contributed by atoms with Crippen molar-refractivity contribution in [1.82, 2.24) is 0 Å². The van der Waals surface area contributed by atoms with Gasteiger partial charge < -0.3 is 0 Å². The molecule has 1 aliphatic rings. The Kier molecular flexibility index (Phi) is 4.62. The molecule has 14 heavy (non-hydrogen) atoms. The van der Waals surface area contributed by atoms with Crippen LogP contribution >= 0.6 is 9.24 Å². The lowest BCUT2D eigenvalue weighted by Gasteiger charge is -2.10. The summed E-state index contributed by atoms with van der Waals surface area (Å²) >= 11 is 0. The summed E-state index contributed by atoms with van der Waals surface area (Å²) in [5.74, 6) is 0. The highest BCUT2D eigenvalue weighted by Crippen LogP contribution is 2.32. The fourth-order valence-electron chi connectivity index (χ4n) is 1.94. The summed E-state index contributed by atoms with van der Waals surface area (Å²) < 4.78 is 0. The summed E-state index contributed by atoms with van der Waals surface area (Å²) in [7, 11) is 2.92. The molecule has 0 nitrogen and oxygen atoms in total. The van der Waals surface area contributed by atoms with E-state index in [0.29, 0.717) is 0 Å². The van der Waals surface area contributed by atoms with Crippen molar-refractivity contribution >= 4 is 9.24 Å². The fourth-order valence-corrected chi connectivity index (χ4v) is 2.38. The highest BCUT2D eigenvalue weighted by Gasteiger charge is 2.09. The van der Waals surface area contributed by atoms with Crippen LogP contribution < -0.4 is 0 Å². The molecule has 0 amide bonds. The maximum absolute atomic E-state index is 2.92. The predicted octanol–water partition coefficient (Wildman–Crippen LogP) is 4.60. The van der Waals surface area contributed by atoms with Gasteiger partial charge in [0.1, 0.15) is 0 Å². The van der Waals surface area contributed by atoms with Gasteiger partial charge in [0.2, 0.25) is 0 Å². The van der Waals surface area contributed by atoms with E-state index in [9.17, 15) is 0 Å². The SMILES string of the molecule is CCCC1=CCC=C(CC)C(C)=C1P. The van der Waals surface area contributed by atoms with Gasteiger partial charge in [0.05, 0.1) is 0 Å². The molecular weight excluding hydrogens is 187 g/mol. The molecule has 0 bridgehead atoms. The second kappa shape index (κ2) is 5.51. The predicted molar refractivity (Wildman–Crippen MR) is 68.4 cm³/mol. The quantitative estimate of drug-likeness (QED) is 0.594. The molecule has 1 atom stereocenters. The number of hydrogen-bond acceptors (Lipinski definition) is 0. The van der Waals surface area contributed by atoms with E-state index in [4.69, 9.17) is 0 Å². The first kappa shape index (κ1) is 11.7. The van der Waals surface area contributed by atoms with E-state index in [-0.39, 0.29) is 0 Å². The lowest BCUT2D eigenvalue weighted by atomic mass is 10.0. The van der Waals surface area contributed by atoms with Crippen LogP contribution in [0.5, 0.6) is 0 Å². The zero-order valence-corrected chi connectivity index (χ0v) is 10.7. The largest absolute Gasteiger partial charge is 0.105 e. The number of rotatable bonds is 3. The Bertz CT molecular complexity index is 292. The summed E-state index contributed by atoms with van der Waals surface area (Å²) in [6, 6.07) is 0. The molecule has 1 heteroatoms. The van der Waals surface area contributed by atoms with Crippen LogP contribution in [0.1, 0.15) is 46.5 Å². The second-order valence-corrected chi connectivity index (χ2v) is 4.41. The normalized spacial score (nSPS) is 17.7. The Labute approximate surface area is 90.4 Å². The molecule has 0 aromatic rings. The lowest BCUT2D eigenvalue weighted by Crippen LogP contribution is -1.88. The maximum Gasteiger partial charge on any atom is -0.0157 e. The van der Waals surface area contributed by atoms with E-state index in [1.54, 1.807) is 0 Å². The molecule has 0 aromatic heterocycles. The molecule has 78 valence electrons. The van der Waals surface area contributed by atoms with Gasteiger partial charge in [-0.25, -0.2) is 0 Å². The van der Waals surface area contributed by atoms with Gasteiger partial charge in [0, 0.05) is 0 Å². The fraction of sp³-hybridized carbons (Fsp3) is 0.538. The molecule has 1 unspecified atom stereocenters. The second-order valence-electron chi connectivity index (χ2n) is 3.84. The topological polar surface area (TPSA) is 0 Å². The minimum Gasteiger partial charge on any atom is -0.105 e. The van der Waals surface area contributed by atoms with E-state index < -0.39 is 0 Å². The van der Waals surface area contributed by atoms with E-state index in [0.717, 1.165) is 12.8 Å². The smallest absolute Gasteiger partial charge is 0.0157 e. The van der Waals surface area contributed by atoms with Crippen molar-refractivity contribution in [3.8, 4) is 0 Å². The molecular formula is C13H21P. The summed E-state index contributed by atoms with van der Waals surface area (Å²) in [6.45, 7) is 6.72. The van der Waals surface area contributed by atoms with Crippen LogP contribution in [-0.2, 0) is 0 Å². The highest BCUT2D eigenvalue weighted by atomic mass is 31.0. The molecule has 0 aromatic carbocycles. The Morgan fingerprint density at radius 3 is 2.43 bits per heavy atom. The Morgan fingerprint density at radius 2 is 1.86 bits per heavy atom. The van der Waals surface area contributed by atoms with Gasteiger partial charge in [-0.1, -0.05) is 32.4 Å². The zero-order chi connectivity index (χ0) is 10.6. The average molecular weight is 208 g/mol. The third kappa shape index (κ3) is 2.58. The Hall–Kier alpha value is -0.350. The van der Waals surface area contributed by atoms with Crippen molar-refractivity contribution in [3.05, 3.63) is 34.2 Å². The van der Waals surface area contributed by atoms with E-state index in [1.165, 1.54) is 34.9 Å². The molecule has 0 saturated carbocycles. The van der Waals surface area contributed by atoms with E-state index in [1.807, 2.05) is 0 Å². The molecule has 0 N–H and O–H groups in total. The van der Waals surface area contributed by atoms with Crippen molar-refractivity contribution in [1.29, 1.82) is 0 Å². The minimum absolute atomic E-state index is 1.10. The molecule has 0 aliphatic heterocycles. The van der Waals surface area contributed by atoms with Crippen LogP contribution in [0.25, 0.3) is 0 Å². The van der Waals surface area contributed by atoms with Crippen molar-refractivity contribution < 1.29 is 0 Å². The third-order valence-corrected chi connectivity index (χ3v) is 3.66. The standard InChI is InChI=1S/C13H21P/c1-4-7-12-9-6-8-11(5-2)10(3)13(12)14/h8-9H,4-7,14H2,1-3H3. The lowest BCUT2D eigenvalue weighted by molar-refractivity contribution is 0.917. The van der Waals surface area contributed by atoms with Crippen LogP contribution in [0.3, 0.4) is 0 Å². The number of allylic oxidation sites excluding steroid dienone is 6. The third-order valence-electron chi connectivity index (χ3n) is 2.86. The van der Waals surface area contributed by atoms with E-state index in [2.05, 4.69) is 42.2 Å². The van der Waals surface area contributed by atoms with Crippen LogP contribution in [0.2, 0.25) is 0 Å². The van der Waals surface area contributed by atoms with Crippen molar-refractivity contribution in [2.75, 3.05) is 0 Å². The van der Waals surface area contributed by atoms with Gasteiger partial charge in [-0.15, -0.1) is 9.24 Å². The first-order valence-corrected chi connectivity index (χ1v) is 6.13. The van der Waals surface area contributed by atoms with Gasteiger partial charge >= 0.3 is 0 Å². The van der Waals surface area contributed by atoms with Crippen LogP contribution in [0.15, 0.2) is 34.2 Å². The van der Waals surface area contributed by atoms with Gasteiger partial charge in [-0.2, -0.15) is 0 Å². The summed E-state index contributed by atoms with van der Waals surface area (Å²) in [6.07, 6.45) is 9.43. The van der Waals surface area contributed by atoms with Crippen LogP contribution in [-0.4, -0.2) is 0 Å². The van der Waals surface area contributed by atoms with Crippen molar-refractivity contribution in [3.63, 3.8) is 0 Å². The van der Waals surface area contributed by atoms with Crippen LogP contribution in [0, 0.1) is 0 Å². The maximum atomic E-state index is 2.92. The molecule has 0 heterocycles. The van der Waals surface area contributed by atoms with Gasteiger partial charge in [-0.3, -0.25) is 0 Å². The van der Waals surface area contributed by atoms with Crippen molar-refractivity contribution in [2.24, 2.45) is 0 Å². The summed E-state index contributed by atoms with van der Waals surface area (Å²) in [4.78, 5) is 0. The average Bonchev–Trinajstić information content (AvgIpc) is 2.32. The summed E-state index contributed by atoms with van der Waals surface area (Å²) in [5.41, 5.74) is 4.50. The van der Waals surface area contributed by atoms with Gasteiger partial charge in [0.15, 0.2) is 0 Å². The van der Waals surface area contributed by atoms with Gasteiger partial charge in [0.25, 0.3) is 0 Å². The first-order chi connectivity index (χ1) is 6.70. The summed E-state index contributed by atoms with van der Waals surface area (Å²) in [5, 5.41) is 1.43. The monoisotopic (exact) mass is 208 g/mol. The molecule has 1 rings (SSSR count).